The molecule has 0 radical (unpaired) electrons. The maximum absolute atomic E-state index is 11.7. The van der Waals surface area contributed by atoms with Crippen LogP contribution >= 0.6 is 11.6 Å². The average Bonchev–Trinajstić information content (AvgIpc) is 2.50. The Bertz CT molecular complexity index is 775. The van der Waals surface area contributed by atoms with Gasteiger partial charge in [-0.05, 0) is 42.8 Å². The number of nitrogens with one attached hydrogen (secondary N) is 2. The molecule has 2 aromatic carbocycles. The van der Waals surface area contributed by atoms with Crippen LogP contribution in [-0.2, 0) is 9.59 Å². The molecule has 0 unspecified atom stereocenters. The first-order valence-corrected chi connectivity index (χ1v) is 7.03. The number of amides is 2. The minimum Gasteiger partial charge on any atom is -0.507 e. The molecular weight excluding hydrogens is 318 g/mol. The highest BCUT2D eigenvalue weighted by molar-refractivity contribution is 6.39. The van der Waals surface area contributed by atoms with E-state index in [1.807, 2.05) is 13.0 Å². The summed E-state index contributed by atoms with van der Waals surface area (Å²) in [5.74, 6) is -1.82. The lowest BCUT2D eigenvalue weighted by atomic mass is 10.2. The van der Waals surface area contributed by atoms with Gasteiger partial charge in [-0.25, -0.2) is 5.43 Å². The van der Waals surface area contributed by atoms with Gasteiger partial charge in [0.15, 0.2) is 0 Å². The first-order chi connectivity index (χ1) is 11.0. The predicted octanol–water partition coefficient (Wildman–Crippen LogP) is 2.44. The Morgan fingerprint density at radius 2 is 1.96 bits per heavy atom. The van der Waals surface area contributed by atoms with Gasteiger partial charge < -0.3 is 10.4 Å². The fraction of sp³-hybridized carbons (Fsp3) is 0.0625. The Morgan fingerprint density at radius 3 is 2.70 bits per heavy atom. The molecule has 3 N–H and O–H groups in total. The number of halogens is 1. The first-order valence-electron chi connectivity index (χ1n) is 6.65. The third kappa shape index (κ3) is 4.82. The molecule has 0 spiro atoms. The molecule has 6 nitrogen and oxygen atoms in total. The van der Waals surface area contributed by atoms with Crippen LogP contribution in [0.25, 0.3) is 0 Å². The zero-order chi connectivity index (χ0) is 16.8. The van der Waals surface area contributed by atoms with Crippen molar-refractivity contribution >= 4 is 35.3 Å². The summed E-state index contributed by atoms with van der Waals surface area (Å²) in [6.45, 7) is 1.87. The molecule has 0 aliphatic carbocycles. The van der Waals surface area contributed by atoms with Crippen LogP contribution in [0.15, 0.2) is 47.6 Å². The van der Waals surface area contributed by atoms with Crippen LogP contribution < -0.4 is 10.7 Å². The minimum atomic E-state index is -0.927. The van der Waals surface area contributed by atoms with Gasteiger partial charge in [0.1, 0.15) is 5.75 Å². The Morgan fingerprint density at radius 1 is 1.17 bits per heavy atom. The number of hydrazone groups is 1. The number of nitrogens with zero attached hydrogens (tertiary/aromatic N) is 1. The van der Waals surface area contributed by atoms with Crippen LogP contribution in [0.2, 0.25) is 5.02 Å². The number of hydrogen-bond acceptors (Lipinski definition) is 4. The number of aryl methyl sites for hydroxylation is 1. The highest BCUT2D eigenvalue weighted by Gasteiger charge is 2.12. The third-order valence-electron chi connectivity index (χ3n) is 2.84. The summed E-state index contributed by atoms with van der Waals surface area (Å²) in [4.78, 5) is 23.4. The summed E-state index contributed by atoms with van der Waals surface area (Å²) < 4.78 is 0. The SMILES string of the molecule is Cc1cccc(NC(=O)C(=O)N/N=C/c2cc(Cl)ccc2O)c1. The lowest BCUT2D eigenvalue weighted by Crippen LogP contribution is -2.32. The van der Waals surface area contributed by atoms with Gasteiger partial charge in [-0.2, -0.15) is 5.10 Å². The summed E-state index contributed by atoms with van der Waals surface area (Å²) >= 11 is 5.79. The molecule has 0 fully saturated rings. The van der Waals surface area contributed by atoms with Gasteiger partial charge >= 0.3 is 11.8 Å². The quantitative estimate of drug-likeness (QED) is 0.458. The van der Waals surface area contributed by atoms with E-state index in [-0.39, 0.29) is 5.75 Å². The lowest BCUT2D eigenvalue weighted by molar-refractivity contribution is -0.136. The molecular formula is C16H14ClN3O3. The van der Waals surface area contributed by atoms with Crippen molar-refractivity contribution in [3.8, 4) is 5.75 Å². The van der Waals surface area contributed by atoms with E-state index in [1.54, 1.807) is 18.2 Å². The van der Waals surface area contributed by atoms with Crippen LogP contribution in [0.5, 0.6) is 5.75 Å². The van der Waals surface area contributed by atoms with Gasteiger partial charge in [0, 0.05) is 16.3 Å². The second-order valence-electron chi connectivity index (χ2n) is 4.73. The fourth-order valence-electron chi connectivity index (χ4n) is 1.75. The van der Waals surface area contributed by atoms with E-state index >= 15 is 0 Å². The van der Waals surface area contributed by atoms with Gasteiger partial charge in [0.2, 0.25) is 0 Å². The van der Waals surface area contributed by atoms with Crippen molar-refractivity contribution < 1.29 is 14.7 Å². The minimum absolute atomic E-state index is 0.0448. The van der Waals surface area contributed by atoms with Crippen molar-refractivity contribution in [2.75, 3.05) is 5.32 Å². The Balaban J connectivity index is 1.95. The van der Waals surface area contributed by atoms with E-state index in [1.165, 1.54) is 24.4 Å². The van der Waals surface area contributed by atoms with Gasteiger partial charge in [0.25, 0.3) is 0 Å². The largest absolute Gasteiger partial charge is 0.507 e. The third-order valence-corrected chi connectivity index (χ3v) is 3.08. The molecule has 0 saturated heterocycles. The zero-order valence-corrected chi connectivity index (χ0v) is 13.0. The molecule has 2 amide bonds. The van der Waals surface area contributed by atoms with Crippen LogP contribution in [0.1, 0.15) is 11.1 Å². The molecule has 23 heavy (non-hydrogen) atoms. The second kappa shape index (κ2) is 7.42. The molecule has 118 valence electrons. The molecule has 7 heteroatoms. The van der Waals surface area contributed by atoms with E-state index in [9.17, 15) is 14.7 Å². The smallest absolute Gasteiger partial charge is 0.329 e. The average molecular weight is 332 g/mol. The monoisotopic (exact) mass is 331 g/mol. The highest BCUT2D eigenvalue weighted by atomic mass is 35.5. The summed E-state index contributed by atoms with van der Waals surface area (Å²) in [5.41, 5.74) is 3.86. The van der Waals surface area contributed by atoms with Crippen molar-refractivity contribution in [2.45, 2.75) is 6.92 Å². The molecule has 0 bridgehead atoms. The normalized spacial score (nSPS) is 10.5. The number of aromatic hydroxyl groups is 1. The van der Waals surface area contributed by atoms with E-state index in [0.717, 1.165) is 5.56 Å². The Labute approximate surface area is 137 Å². The highest BCUT2D eigenvalue weighted by Crippen LogP contribution is 2.19. The van der Waals surface area contributed by atoms with Crippen LogP contribution in [-0.4, -0.2) is 23.1 Å². The molecule has 0 heterocycles. The van der Waals surface area contributed by atoms with Crippen molar-refractivity contribution in [3.05, 3.63) is 58.6 Å². The molecule has 0 saturated carbocycles. The summed E-state index contributed by atoms with van der Waals surface area (Å²) in [7, 11) is 0. The predicted molar refractivity (Wildman–Crippen MR) is 88.7 cm³/mol. The maximum atomic E-state index is 11.7. The molecule has 0 aromatic heterocycles. The molecule has 2 rings (SSSR count). The molecule has 2 aromatic rings. The van der Waals surface area contributed by atoms with Crippen LogP contribution in [0.4, 0.5) is 5.69 Å². The number of phenolic OH excluding ortho intramolecular Hbond substituents is 1. The number of hydrogen-bond donors (Lipinski definition) is 3. The number of rotatable bonds is 3. The summed E-state index contributed by atoms with van der Waals surface area (Å²) in [6, 6.07) is 11.4. The van der Waals surface area contributed by atoms with Crippen molar-refractivity contribution in [2.24, 2.45) is 5.10 Å². The van der Waals surface area contributed by atoms with E-state index in [0.29, 0.717) is 16.3 Å². The van der Waals surface area contributed by atoms with Gasteiger partial charge in [-0.1, -0.05) is 23.7 Å². The zero-order valence-electron chi connectivity index (χ0n) is 12.2. The maximum Gasteiger partial charge on any atom is 0.329 e. The number of phenols is 1. The van der Waals surface area contributed by atoms with Crippen molar-refractivity contribution in [1.82, 2.24) is 5.43 Å². The summed E-state index contributed by atoms with van der Waals surface area (Å²) in [5, 5.41) is 16.1. The van der Waals surface area contributed by atoms with Gasteiger partial charge in [-0.15, -0.1) is 0 Å². The molecule has 0 atom stereocenters. The first kappa shape index (κ1) is 16.5. The number of carbonyl (C=O) groups is 2. The second-order valence-corrected chi connectivity index (χ2v) is 5.16. The van der Waals surface area contributed by atoms with E-state index in [4.69, 9.17) is 11.6 Å². The van der Waals surface area contributed by atoms with E-state index in [2.05, 4.69) is 15.8 Å². The Kier molecular flexibility index (Phi) is 5.32. The molecule has 0 aliphatic rings. The van der Waals surface area contributed by atoms with Gasteiger partial charge in [-0.3, -0.25) is 9.59 Å². The van der Waals surface area contributed by atoms with Crippen molar-refractivity contribution in [1.29, 1.82) is 0 Å². The lowest BCUT2D eigenvalue weighted by Gasteiger charge is -2.04. The number of anilines is 1. The topological polar surface area (TPSA) is 90.8 Å². The number of carbonyl (C=O) groups excluding carboxylic acids is 2. The standard InChI is InChI=1S/C16H14ClN3O3/c1-10-3-2-4-13(7-10)19-15(22)16(23)20-18-9-11-8-12(17)5-6-14(11)21/h2-9,21H,1H3,(H,19,22)(H,20,23)/b18-9+. The number of benzene rings is 2. The molecule has 0 aliphatic heterocycles. The Hall–Kier alpha value is -2.86. The summed E-state index contributed by atoms with van der Waals surface area (Å²) in [6.07, 6.45) is 1.19. The van der Waals surface area contributed by atoms with Crippen LogP contribution in [0, 0.1) is 6.92 Å². The fourth-order valence-corrected chi connectivity index (χ4v) is 1.93. The van der Waals surface area contributed by atoms with Gasteiger partial charge in [0.05, 0.1) is 6.21 Å². The van der Waals surface area contributed by atoms with Crippen molar-refractivity contribution in [3.63, 3.8) is 0 Å². The van der Waals surface area contributed by atoms with E-state index < -0.39 is 11.8 Å². The van der Waals surface area contributed by atoms with Crippen LogP contribution in [0.3, 0.4) is 0 Å².